The third-order valence-corrected chi connectivity index (χ3v) is 4.91. The molecule has 0 spiro atoms. The molecule has 0 atom stereocenters. The number of rotatable bonds is 4. The molecule has 0 bridgehead atoms. The largest absolute Gasteiger partial charge is 0.478 e. The first-order valence-electron chi connectivity index (χ1n) is 6.33. The Morgan fingerprint density at radius 3 is 2.36 bits per heavy atom. The van der Waals surface area contributed by atoms with E-state index in [1.807, 2.05) is 0 Å². The molecule has 0 amide bonds. The number of aryl methyl sites for hydroxylation is 2. The minimum Gasteiger partial charge on any atom is -0.478 e. The van der Waals surface area contributed by atoms with Gasteiger partial charge in [-0.25, -0.2) is 13.2 Å². The number of hydrogen-bond donors (Lipinski definition) is 2. The minimum absolute atomic E-state index is 0.0771. The van der Waals surface area contributed by atoms with Crippen molar-refractivity contribution < 1.29 is 18.3 Å². The fourth-order valence-electron chi connectivity index (χ4n) is 1.93. The highest BCUT2D eigenvalue weighted by atomic mass is 35.5. The van der Waals surface area contributed by atoms with Crippen LogP contribution < -0.4 is 4.72 Å². The van der Waals surface area contributed by atoms with E-state index in [1.165, 1.54) is 18.2 Å². The summed E-state index contributed by atoms with van der Waals surface area (Å²) in [6.07, 6.45) is 0. The van der Waals surface area contributed by atoms with Crippen molar-refractivity contribution in [2.24, 2.45) is 0 Å². The average Bonchev–Trinajstić information content (AvgIpc) is 2.42. The van der Waals surface area contributed by atoms with Gasteiger partial charge in [0.05, 0.1) is 16.1 Å². The van der Waals surface area contributed by atoms with Crippen molar-refractivity contribution in [3.8, 4) is 0 Å². The van der Waals surface area contributed by atoms with Gasteiger partial charge in [-0.2, -0.15) is 0 Å². The molecule has 2 rings (SSSR count). The van der Waals surface area contributed by atoms with Crippen LogP contribution in [0.25, 0.3) is 0 Å². The molecular formula is C15H14ClNO4S. The number of nitrogens with one attached hydrogen (secondary N) is 1. The number of halogens is 1. The summed E-state index contributed by atoms with van der Waals surface area (Å²) in [5, 5.41) is 9.41. The summed E-state index contributed by atoms with van der Waals surface area (Å²) in [6.45, 7) is 3.35. The molecular weight excluding hydrogens is 326 g/mol. The smallest absolute Gasteiger partial charge is 0.335 e. The molecule has 0 aromatic heterocycles. The molecule has 2 aromatic rings. The Labute approximate surface area is 133 Å². The van der Waals surface area contributed by atoms with Crippen LogP contribution in [0.1, 0.15) is 21.5 Å². The second-order valence-corrected chi connectivity index (χ2v) is 6.94. The van der Waals surface area contributed by atoms with Gasteiger partial charge in [0.1, 0.15) is 0 Å². The SMILES string of the molecule is Cc1ccc(Cl)cc1NS(=O)(=O)c1cc(C(=O)O)ccc1C. The second kappa shape index (κ2) is 5.98. The fourth-order valence-corrected chi connectivity index (χ4v) is 3.49. The lowest BCUT2D eigenvalue weighted by Gasteiger charge is -2.13. The monoisotopic (exact) mass is 339 g/mol. The van der Waals surface area contributed by atoms with Crippen molar-refractivity contribution >= 4 is 33.3 Å². The van der Waals surface area contributed by atoms with Gasteiger partial charge in [0, 0.05) is 5.02 Å². The molecule has 5 nitrogen and oxygen atoms in total. The Balaban J connectivity index is 2.49. The third-order valence-electron chi connectivity index (χ3n) is 3.17. The maximum Gasteiger partial charge on any atom is 0.335 e. The predicted octanol–water partition coefficient (Wildman–Crippen LogP) is 3.46. The van der Waals surface area contributed by atoms with E-state index < -0.39 is 16.0 Å². The molecule has 0 aliphatic rings. The van der Waals surface area contributed by atoms with E-state index in [4.69, 9.17) is 16.7 Å². The summed E-state index contributed by atoms with van der Waals surface area (Å²) in [4.78, 5) is 10.9. The van der Waals surface area contributed by atoms with Crippen LogP contribution in [-0.4, -0.2) is 19.5 Å². The highest BCUT2D eigenvalue weighted by molar-refractivity contribution is 7.92. The molecule has 116 valence electrons. The van der Waals surface area contributed by atoms with Gasteiger partial charge in [-0.05, 0) is 49.2 Å². The van der Waals surface area contributed by atoms with E-state index in [1.54, 1.807) is 26.0 Å². The fraction of sp³-hybridized carbons (Fsp3) is 0.133. The summed E-state index contributed by atoms with van der Waals surface area (Å²) in [5.74, 6) is -1.18. The van der Waals surface area contributed by atoms with E-state index in [0.29, 0.717) is 21.8 Å². The van der Waals surface area contributed by atoms with Gasteiger partial charge in [0.25, 0.3) is 10.0 Å². The zero-order valence-corrected chi connectivity index (χ0v) is 13.5. The number of carbonyl (C=O) groups is 1. The van der Waals surface area contributed by atoms with Gasteiger partial charge in [0.2, 0.25) is 0 Å². The van der Waals surface area contributed by atoms with Crippen LogP contribution >= 0.6 is 11.6 Å². The van der Waals surface area contributed by atoms with Gasteiger partial charge < -0.3 is 5.11 Å². The molecule has 2 N–H and O–H groups in total. The van der Waals surface area contributed by atoms with Crippen molar-refractivity contribution in [3.63, 3.8) is 0 Å². The van der Waals surface area contributed by atoms with Crippen molar-refractivity contribution in [3.05, 3.63) is 58.1 Å². The van der Waals surface area contributed by atoms with E-state index in [2.05, 4.69) is 4.72 Å². The lowest BCUT2D eigenvalue weighted by molar-refractivity contribution is 0.0696. The van der Waals surface area contributed by atoms with Crippen LogP contribution in [0.3, 0.4) is 0 Å². The standard InChI is InChI=1S/C15H14ClNO4S/c1-9-4-6-12(16)8-13(9)17-22(20,21)14-7-11(15(18)19)5-3-10(14)2/h3-8,17H,1-2H3,(H,18,19). The highest BCUT2D eigenvalue weighted by Gasteiger charge is 2.20. The molecule has 2 aromatic carbocycles. The van der Waals surface area contributed by atoms with Crippen molar-refractivity contribution in [2.75, 3.05) is 4.72 Å². The molecule has 0 heterocycles. The maximum absolute atomic E-state index is 12.5. The van der Waals surface area contributed by atoms with Crippen molar-refractivity contribution in [1.29, 1.82) is 0 Å². The molecule has 7 heteroatoms. The number of carboxylic acids is 1. The second-order valence-electron chi connectivity index (χ2n) is 4.85. The maximum atomic E-state index is 12.5. The van der Waals surface area contributed by atoms with Crippen LogP contribution in [0.15, 0.2) is 41.3 Å². The van der Waals surface area contributed by atoms with Gasteiger partial charge in [-0.3, -0.25) is 4.72 Å². The van der Waals surface area contributed by atoms with Crippen LogP contribution in [0, 0.1) is 13.8 Å². The topological polar surface area (TPSA) is 83.5 Å². The number of hydrogen-bond acceptors (Lipinski definition) is 3. The first-order valence-corrected chi connectivity index (χ1v) is 8.20. The van der Waals surface area contributed by atoms with Crippen molar-refractivity contribution in [2.45, 2.75) is 18.7 Å². The molecule has 0 radical (unpaired) electrons. The quantitative estimate of drug-likeness (QED) is 0.893. The number of carboxylic acid groups (broad SMARTS) is 1. The molecule has 0 unspecified atom stereocenters. The molecule has 0 saturated heterocycles. The zero-order chi connectivity index (χ0) is 16.5. The number of benzene rings is 2. The molecule has 22 heavy (non-hydrogen) atoms. The Kier molecular flexibility index (Phi) is 4.44. The Hall–Kier alpha value is -2.05. The van der Waals surface area contributed by atoms with Gasteiger partial charge in [-0.1, -0.05) is 23.7 Å². The normalized spacial score (nSPS) is 11.2. The first-order chi connectivity index (χ1) is 10.2. The molecule has 0 saturated carbocycles. The highest BCUT2D eigenvalue weighted by Crippen LogP contribution is 2.25. The summed E-state index contributed by atoms with van der Waals surface area (Å²) in [7, 11) is -3.91. The van der Waals surface area contributed by atoms with E-state index in [-0.39, 0.29) is 10.5 Å². The first kappa shape index (κ1) is 16.3. The Morgan fingerprint density at radius 2 is 1.73 bits per heavy atom. The number of aromatic carboxylic acids is 1. The molecule has 0 fully saturated rings. The van der Waals surface area contributed by atoms with Gasteiger partial charge in [-0.15, -0.1) is 0 Å². The Bertz CT molecular complexity index is 847. The van der Waals surface area contributed by atoms with E-state index in [9.17, 15) is 13.2 Å². The summed E-state index contributed by atoms with van der Waals surface area (Å²) in [6, 6.07) is 8.82. The van der Waals surface area contributed by atoms with Crippen LogP contribution in [0.4, 0.5) is 5.69 Å². The molecule has 0 aliphatic carbocycles. The number of sulfonamides is 1. The summed E-state index contributed by atoms with van der Waals surface area (Å²) >= 11 is 5.88. The Morgan fingerprint density at radius 1 is 1.09 bits per heavy atom. The van der Waals surface area contributed by atoms with Gasteiger partial charge >= 0.3 is 5.97 Å². The lowest BCUT2D eigenvalue weighted by atomic mass is 10.1. The predicted molar refractivity (Wildman–Crippen MR) is 85.1 cm³/mol. The van der Waals surface area contributed by atoms with Crippen LogP contribution in [-0.2, 0) is 10.0 Å². The van der Waals surface area contributed by atoms with Gasteiger partial charge in [0.15, 0.2) is 0 Å². The zero-order valence-electron chi connectivity index (χ0n) is 11.9. The van der Waals surface area contributed by atoms with Crippen LogP contribution in [0.5, 0.6) is 0 Å². The minimum atomic E-state index is -3.91. The summed E-state index contributed by atoms with van der Waals surface area (Å²) < 4.78 is 27.5. The van der Waals surface area contributed by atoms with Crippen molar-refractivity contribution in [1.82, 2.24) is 0 Å². The summed E-state index contributed by atoms with van der Waals surface area (Å²) in [5.41, 5.74) is 1.43. The number of anilines is 1. The lowest BCUT2D eigenvalue weighted by Crippen LogP contribution is -2.16. The van der Waals surface area contributed by atoms with Crippen LogP contribution in [0.2, 0.25) is 5.02 Å². The van der Waals surface area contributed by atoms with E-state index >= 15 is 0 Å². The van der Waals surface area contributed by atoms with E-state index in [0.717, 1.165) is 6.07 Å². The average molecular weight is 340 g/mol. The third kappa shape index (κ3) is 3.40. The molecule has 0 aliphatic heterocycles.